The fraction of sp³-hybridized carbons (Fsp3) is 0.323. The maximum atomic E-state index is 14.7. The van der Waals surface area contributed by atoms with Gasteiger partial charge in [0.05, 0.1) is 12.2 Å². The number of nitrogens with zero attached hydrogens (tertiary/aromatic N) is 1. The molecule has 0 saturated heterocycles. The molecule has 2 aromatic carbocycles. The molecule has 13 heteroatoms. The van der Waals surface area contributed by atoms with Gasteiger partial charge < -0.3 is 32.4 Å². The largest absolute Gasteiger partial charge is 0.489 e. The van der Waals surface area contributed by atoms with Gasteiger partial charge in [-0.05, 0) is 85.4 Å². The first-order chi connectivity index (χ1) is 20.7. The predicted octanol–water partition coefficient (Wildman–Crippen LogP) is 3.88. The molecule has 1 saturated carbocycles. The number of halogens is 4. The van der Waals surface area contributed by atoms with Crippen molar-refractivity contribution in [2.24, 2.45) is 17.4 Å². The van der Waals surface area contributed by atoms with Gasteiger partial charge in [-0.25, -0.2) is 9.37 Å². The van der Waals surface area contributed by atoms with E-state index in [1.807, 2.05) is 0 Å². The number of allylic oxidation sites excluding steroid dienone is 1. The lowest BCUT2D eigenvalue weighted by molar-refractivity contribution is -0.265. The first kappa shape index (κ1) is 30.8. The molecular weight excluding hydrogens is 582 g/mol. The lowest BCUT2D eigenvalue weighted by atomic mass is 9.78. The summed E-state index contributed by atoms with van der Waals surface area (Å²) in [5, 5.41) is 13.4. The average Bonchev–Trinajstić information content (AvgIpc) is 3.76. The van der Waals surface area contributed by atoms with Crippen molar-refractivity contribution in [3.63, 3.8) is 0 Å². The molecule has 0 bridgehead atoms. The van der Waals surface area contributed by atoms with E-state index in [0.717, 1.165) is 31.0 Å². The molecule has 1 fully saturated rings. The Balaban J connectivity index is 1.55. The van der Waals surface area contributed by atoms with Crippen molar-refractivity contribution in [2.75, 3.05) is 18.9 Å². The van der Waals surface area contributed by atoms with Crippen LogP contribution in [0.2, 0.25) is 0 Å². The lowest BCUT2D eigenvalue weighted by Crippen LogP contribution is -2.52. The van der Waals surface area contributed by atoms with Crippen LogP contribution in [0.25, 0.3) is 17.3 Å². The third-order valence-corrected chi connectivity index (χ3v) is 8.26. The number of aliphatic hydroxyl groups is 1. The molecule has 1 aromatic heterocycles. The minimum atomic E-state index is -5.35. The highest BCUT2D eigenvalue weighted by Crippen LogP contribution is 2.49. The Morgan fingerprint density at radius 1 is 1.14 bits per heavy atom. The van der Waals surface area contributed by atoms with Crippen LogP contribution < -0.4 is 27.3 Å². The van der Waals surface area contributed by atoms with Gasteiger partial charge >= 0.3 is 6.18 Å². The zero-order valence-electron chi connectivity index (χ0n) is 23.7. The van der Waals surface area contributed by atoms with Gasteiger partial charge in [0.2, 0.25) is 11.5 Å². The molecule has 3 aromatic rings. The molecular formula is C31H31F4N5O4. The predicted molar refractivity (Wildman–Crippen MR) is 154 cm³/mol. The summed E-state index contributed by atoms with van der Waals surface area (Å²) >= 11 is 0. The van der Waals surface area contributed by atoms with E-state index in [4.69, 9.17) is 21.9 Å². The van der Waals surface area contributed by atoms with Gasteiger partial charge in [-0.2, -0.15) is 13.2 Å². The fourth-order valence-electron chi connectivity index (χ4n) is 5.20. The van der Waals surface area contributed by atoms with Crippen LogP contribution in [0.1, 0.15) is 53.4 Å². The molecule has 0 spiro atoms. The second-order valence-electron chi connectivity index (χ2n) is 11.1. The Morgan fingerprint density at radius 3 is 2.41 bits per heavy atom. The van der Waals surface area contributed by atoms with E-state index in [2.05, 4.69) is 10.3 Å². The van der Waals surface area contributed by atoms with E-state index in [1.54, 1.807) is 13.0 Å². The van der Waals surface area contributed by atoms with Crippen molar-refractivity contribution in [3.05, 3.63) is 82.4 Å². The van der Waals surface area contributed by atoms with Crippen molar-refractivity contribution in [1.82, 2.24) is 10.3 Å². The van der Waals surface area contributed by atoms with E-state index >= 15 is 0 Å². The van der Waals surface area contributed by atoms with Gasteiger partial charge in [-0.15, -0.1) is 0 Å². The molecule has 0 radical (unpaired) electrons. The highest BCUT2D eigenvalue weighted by atomic mass is 19.4. The van der Waals surface area contributed by atoms with Gasteiger partial charge in [0.15, 0.2) is 0 Å². The number of anilines is 1. The van der Waals surface area contributed by atoms with E-state index in [1.165, 1.54) is 30.3 Å². The van der Waals surface area contributed by atoms with Crippen LogP contribution in [0.5, 0.6) is 5.75 Å². The Morgan fingerprint density at radius 2 is 1.82 bits per heavy atom. The number of benzene rings is 2. The van der Waals surface area contributed by atoms with Gasteiger partial charge in [-0.3, -0.25) is 9.59 Å². The highest BCUT2D eigenvalue weighted by Gasteiger charge is 2.58. The Hall–Kier alpha value is -4.65. The number of nitrogens with two attached hydrogens (primary N) is 3. The normalized spacial score (nSPS) is 19.5. The smallest absolute Gasteiger partial charge is 0.424 e. The molecule has 2 atom stereocenters. The Labute approximate surface area is 250 Å². The Bertz CT molecular complexity index is 1660. The summed E-state index contributed by atoms with van der Waals surface area (Å²) in [7, 11) is 0. The third kappa shape index (κ3) is 5.43. The van der Waals surface area contributed by atoms with Crippen LogP contribution in [0.3, 0.4) is 0 Å². The van der Waals surface area contributed by atoms with Crippen LogP contribution in [-0.4, -0.2) is 41.2 Å². The number of pyridine rings is 1. The first-order valence-corrected chi connectivity index (χ1v) is 13.9. The van der Waals surface area contributed by atoms with Crippen LogP contribution in [0, 0.1) is 11.7 Å². The minimum Gasteiger partial charge on any atom is -0.489 e. The summed E-state index contributed by atoms with van der Waals surface area (Å²) < 4.78 is 63.5. The molecule has 2 heterocycles. The molecule has 5 rings (SSSR count). The number of hydrogen-bond donors (Lipinski definition) is 5. The van der Waals surface area contributed by atoms with Gasteiger partial charge in [0, 0.05) is 28.1 Å². The number of primary amides is 1. The number of rotatable bonds is 9. The topological polar surface area (TPSA) is 167 Å². The second kappa shape index (κ2) is 11.1. The zero-order valence-corrected chi connectivity index (χ0v) is 23.7. The number of carbonyl (C=O) groups is 2. The van der Waals surface area contributed by atoms with Crippen LogP contribution in [-0.2, 0) is 15.8 Å². The third-order valence-electron chi connectivity index (χ3n) is 8.26. The second-order valence-corrected chi connectivity index (χ2v) is 11.1. The van der Waals surface area contributed by atoms with Crippen LogP contribution >= 0.6 is 0 Å². The van der Waals surface area contributed by atoms with Gasteiger partial charge in [-0.1, -0.05) is 6.92 Å². The standard InChI is InChI=1S/C31H31F4N5O4/c1-2-29(28(38)42)15-44-26-21(29)13-24(40-25(26)17-5-8-20(32)9-6-17)30(43,31(33,34)35)14-39-27(41)18-7-10-22(36)19(11-18)12-23(37)16-3-4-16/h5-13,16,43H,2-4,14-15,36-37H2,1H3,(H2,38,42)(H,39,41)/b23-12-/t29-,30-/m0/s1. The lowest BCUT2D eigenvalue weighted by Gasteiger charge is -2.32. The molecule has 1 aliphatic heterocycles. The number of carbonyl (C=O) groups excluding carboxylic acids is 2. The number of amides is 2. The van der Waals surface area contributed by atoms with Crippen molar-refractivity contribution < 1.29 is 37.0 Å². The number of aromatic nitrogens is 1. The maximum Gasteiger partial charge on any atom is 0.424 e. The van der Waals surface area contributed by atoms with Crippen molar-refractivity contribution >= 4 is 23.6 Å². The van der Waals surface area contributed by atoms with E-state index in [0.29, 0.717) is 16.9 Å². The number of hydrogen-bond acceptors (Lipinski definition) is 7. The molecule has 0 unspecified atom stereocenters. The number of nitrogens with one attached hydrogen (secondary N) is 1. The van der Waals surface area contributed by atoms with E-state index < -0.39 is 47.1 Å². The summed E-state index contributed by atoms with van der Waals surface area (Å²) in [6.45, 7) is 0.0134. The van der Waals surface area contributed by atoms with Crippen LogP contribution in [0.4, 0.5) is 23.2 Å². The summed E-state index contributed by atoms with van der Waals surface area (Å²) in [5.41, 5.74) is 12.9. The number of alkyl halides is 3. The first-order valence-electron chi connectivity index (χ1n) is 13.9. The summed E-state index contributed by atoms with van der Waals surface area (Å²) in [5.74, 6) is -2.16. The van der Waals surface area contributed by atoms with Gasteiger partial charge in [0.25, 0.3) is 5.91 Å². The van der Waals surface area contributed by atoms with Crippen molar-refractivity contribution in [3.8, 4) is 17.0 Å². The van der Waals surface area contributed by atoms with Crippen molar-refractivity contribution in [2.45, 2.75) is 43.4 Å². The molecule has 232 valence electrons. The summed E-state index contributed by atoms with van der Waals surface area (Å²) in [6, 6.07) is 9.80. The molecule has 2 aliphatic rings. The number of nitrogen functional groups attached to an aromatic ring is 1. The summed E-state index contributed by atoms with van der Waals surface area (Å²) in [4.78, 5) is 29.8. The van der Waals surface area contributed by atoms with E-state index in [-0.39, 0.29) is 47.1 Å². The highest BCUT2D eigenvalue weighted by molar-refractivity contribution is 5.95. The minimum absolute atomic E-state index is 0.00552. The Kier molecular flexibility index (Phi) is 7.79. The molecule has 8 N–H and O–H groups in total. The number of fused-ring (bicyclic) bond motifs is 1. The maximum absolute atomic E-state index is 14.7. The average molecular weight is 614 g/mol. The van der Waals surface area contributed by atoms with E-state index in [9.17, 15) is 32.3 Å². The SMILES string of the molecule is CC[C@]1(C(N)=O)COc2c1cc([C@@](O)(CNC(=O)c1ccc(N)c(/C=C(\N)C3CC3)c1)C(F)(F)F)nc2-c1ccc(F)cc1. The monoisotopic (exact) mass is 613 g/mol. The van der Waals surface area contributed by atoms with Crippen molar-refractivity contribution in [1.29, 1.82) is 0 Å². The van der Waals surface area contributed by atoms with Crippen LogP contribution in [0.15, 0.2) is 54.2 Å². The molecule has 2 amide bonds. The fourth-order valence-corrected chi connectivity index (χ4v) is 5.20. The summed E-state index contributed by atoms with van der Waals surface area (Å²) in [6.07, 6.45) is -1.79. The molecule has 9 nitrogen and oxygen atoms in total. The zero-order chi connectivity index (χ0) is 32.0. The molecule has 1 aliphatic carbocycles. The van der Waals surface area contributed by atoms with Gasteiger partial charge in [0.1, 0.15) is 29.3 Å². The molecule has 44 heavy (non-hydrogen) atoms. The quantitative estimate of drug-likeness (QED) is 0.180. The number of ether oxygens (including phenoxy) is 1.